The van der Waals surface area contributed by atoms with Gasteiger partial charge in [-0.15, -0.1) is 11.3 Å². The number of nitrogens with one attached hydrogen (secondary N) is 3. The molecule has 0 unspecified atom stereocenters. The van der Waals surface area contributed by atoms with Crippen LogP contribution in [0.1, 0.15) is 64.2 Å². The maximum absolute atomic E-state index is 13.1. The van der Waals surface area contributed by atoms with Gasteiger partial charge >= 0.3 is 12.1 Å². The number of carbonyl (C=O) groups excluding carboxylic acids is 2. The molecule has 7 nitrogen and oxygen atoms in total. The molecule has 0 spiro atoms. The molecule has 2 fully saturated rings. The number of hydrazine groups is 1. The van der Waals surface area contributed by atoms with Crippen LogP contribution in [0.5, 0.6) is 0 Å². The number of benzene rings is 1. The lowest BCUT2D eigenvalue weighted by Gasteiger charge is -2.28. The average Bonchev–Trinajstić information content (AvgIpc) is 3.29. The van der Waals surface area contributed by atoms with Crippen LogP contribution in [0.2, 0.25) is 0 Å². The highest BCUT2D eigenvalue weighted by Crippen LogP contribution is 2.27. The Labute approximate surface area is 187 Å². The van der Waals surface area contributed by atoms with Gasteiger partial charge < -0.3 is 10.6 Å². The SMILES string of the molecule is O=C(NC1CCCCC1)NN(C(=O)NC1CCCCC1)c1nc(-c2ccccc2)cs1. The Morgan fingerprint density at radius 2 is 1.48 bits per heavy atom. The number of aromatic nitrogens is 1. The van der Waals surface area contributed by atoms with Crippen molar-refractivity contribution in [3.63, 3.8) is 0 Å². The third-order valence-electron chi connectivity index (χ3n) is 6.04. The minimum absolute atomic E-state index is 0.139. The summed E-state index contributed by atoms with van der Waals surface area (Å²) in [5.74, 6) is 0. The summed E-state index contributed by atoms with van der Waals surface area (Å²) < 4.78 is 0. The van der Waals surface area contributed by atoms with Gasteiger partial charge in [0.05, 0.1) is 5.69 Å². The quantitative estimate of drug-likeness (QED) is 0.570. The number of hydrogen-bond donors (Lipinski definition) is 3. The van der Waals surface area contributed by atoms with Gasteiger partial charge in [-0.05, 0) is 25.7 Å². The summed E-state index contributed by atoms with van der Waals surface area (Å²) >= 11 is 1.34. The Bertz CT molecular complexity index is 860. The highest BCUT2D eigenvalue weighted by Gasteiger charge is 2.26. The van der Waals surface area contributed by atoms with Crippen molar-refractivity contribution in [3.8, 4) is 11.3 Å². The first-order valence-corrected chi connectivity index (χ1v) is 12.3. The first kappa shape index (κ1) is 21.6. The topological polar surface area (TPSA) is 86.4 Å². The molecule has 1 aromatic carbocycles. The molecule has 166 valence electrons. The third kappa shape index (κ3) is 5.97. The van der Waals surface area contributed by atoms with Gasteiger partial charge in [-0.2, -0.15) is 5.01 Å². The summed E-state index contributed by atoms with van der Waals surface area (Å²) in [6.45, 7) is 0. The molecular formula is C23H31N5O2S. The van der Waals surface area contributed by atoms with E-state index in [0.717, 1.165) is 62.6 Å². The van der Waals surface area contributed by atoms with Crippen LogP contribution in [0.15, 0.2) is 35.7 Å². The Morgan fingerprint density at radius 1 is 0.871 bits per heavy atom. The van der Waals surface area contributed by atoms with E-state index in [1.165, 1.54) is 29.2 Å². The highest BCUT2D eigenvalue weighted by atomic mass is 32.1. The third-order valence-corrected chi connectivity index (χ3v) is 6.87. The summed E-state index contributed by atoms with van der Waals surface area (Å²) in [6, 6.07) is 9.44. The van der Waals surface area contributed by atoms with Crippen molar-refractivity contribution in [3.05, 3.63) is 35.7 Å². The number of amides is 4. The molecule has 2 saturated carbocycles. The number of carbonyl (C=O) groups is 2. The molecule has 0 radical (unpaired) electrons. The van der Waals surface area contributed by atoms with Crippen molar-refractivity contribution < 1.29 is 9.59 Å². The fourth-order valence-corrected chi connectivity index (χ4v) is 5.14. The number of hydrogen-bond acceptors (Lipinski definition) is 4. The van der Waals surface area contributed by atoms with Crippen LogP contribution in [-0.2, 0) is 0 Å². The summed E-state index contributed by atoms with van der Waals surface area (Å²) in [7, 11) is 0. The molecule has 0 aliphatic heterocycles. The van der Waals surface area contributed by atoms with Crippen LogP contribution in [0.25, 0.3) is 11.3 Å². The van der Waals surface area contributed by atoms with E-state index in [0.29, 0.717) is 5.13 Å². The fourth-order valence-electron chi connectivity index (χ4n) is 4.35. The molecule has 1 heterocycles. The van der Waals surface area contributed by atoms with Gasteiger partial charge in [0.1, 0.15) is 0 Å². The molecule has 4 amide bonds. The molecule has 4 rings (SSSR count). The molecule has 0 atom stereocenters. The van der Waals surface area contributed by atoms with Crippen LogP contribution < -0.4 is 21.1 Å². The maximum Gasteiger partial charge on any atom is 0.343 e. The van der Waals surface area contributed by atoms with Crippen molar-refractivity contribution in [1.82, 2.24) is 21.0 Å². The van der Waals surface area contributed by atoms with Crippen LogP contribution >= 0.6 is 11.3 Å². The van der Waals surface area contributed by atoms with Gasteiger partial charge in [-0.3, -0.25) is 0 Å². The van der Waals surface area contributed by atoms with E-state index in [2.05, 4.69) is 21.0 Å². The van der Waals surface area contributed by atoms with Crippen molar-refractivity contribution in [1.29, 1.82) is 0 Å². The summed E-state index contributed by atoms with van der Waals surface area (Å²) in [5.41, 5.74) is 4.51. The second-order valence-electron chi connectivity index (χ2n) is 8.42. The molecule has 2 aliphatic carbocycles. The van der Waals surface area contributed by atoms with Gasteiger partial charge in [0, 0.05) is 23.0 Å². The smallest absolute Gasteiger partial charge is 0.334 e. The average molecular weight is 442 g/mol. The summed E-state index contributed by atoms with van der Waals surface area (Å²) in [4.78, 5) is 30.5. The van der Waals surface area contributed by atoms with Crippen molar-refractivity contribution in [2.45, 2.75) is 76.3 Å². The largest absolute Gasteiger partial charge is 0.343 e. The van der Waals surface area contributed by atoms with Crippen molar-refractivity contribution in [2.75, 3.05) is 5.01 Å². The standard InChI is InChI=1S/C23H31N5O2S/c29-21(24-18-12-6-2-7-13-18)27-28(22(30)25-19-14-8-3-9-15-19)23-26-20(16-31-23)17-10-4-1-5-11-17/h1,4-5,10-11,16,18-19H,2-3,6-9,12-15H2,(H,25,30)(H2,24,27,29). The van der Waals surface area contributed by atoms with E-state index >= 15 is 0 Å². The second-order valence-corrected chi connectivity index (χ2v) is 9.26. The zero-order valence-corrected chi connectivity index (χ0v) is 18.6. The van der Waals surface area contributed by atoms with Gasteiger partial charge in [0.25, 0.3) is 0 Å². The van der Waals surface area contributed by atoms with Gasteiger partial charge in [-0.25, -0.2) is 20.0 Å². The molecule has 2 aliphatic rings. The van der Waals surface area contributed by atoms with E-state index in [1.807, 2.05) is 35.7 Å². The number of nitrogens with zero attached hydrogens (tertiary/aromatic N) is 2. The lowest BCUT2D eigenvalue weighted by Crippen LogP contribution is -2.57. The zero-order valence-electron chi connectivity index (χ0n) is 17.8. The number of urea groups is 2. The molecule has 8 heteroatoms. The van der Waals surface area contributed by atoms with Crippen LogP contribution in [0.3, 0.4) is 0 Å². The van der Waals surface area contributed by atoms with Crippen molar-refractivity contribution >= 4 is 28.5 Å². The van der Waals surface area contributed by atoms with Crippen LogP contribution in [0, 0.1) is 0 Å². The van der Waals surface area contributed by atoms with E-state index in [9.17, 15) is 9.59 Å². The molecule has 0 bridgehead atoms. The fraction of sp³-hybridized carbons (Fsp3) is 0.522. The number of thiazole rings is 1. The first-order chi connectivity index (χ1) is 15.2. The Kier molecular flexibility index (Phi) is 7.40. The lowest BCUT2D eigenvalue weighted by atomic mass is 9.96. The molecule has 3 N–H and O–H groups in total. The lowest BCUT2D eigenvalue weighted by molar-refractivity contribution is 0.222. The van der Waals surface area contributed by atoms with E-state index in [-0.39, 0.29) is 24.1 Å². The number of anilines is 1. The molecule has 31 heavy (non-hydrogen) atoms. The predicted octanol–water partition coefficient (Wildman–Crippen LogP) is 5.21. The normalized spacial score (nSPS) is 17.7. The second kappa shape index (κ2) is 10.6. The van der Waals surface area contributed by atoms with E-state index in [1.54, 1.807) is 0 Å². The maximum atomic E-state index is 13.1. The van der Waals surface area contributed by atoms with E-state index < -0.39 is 0 Å². The number of rotatable bonds is 4. The van der Waals surface area contributed by atoms with Gasteiger partial charge in [-0.1, -0.05) is 68.9 Å². The van der Waals surface area contributed by atoms with Gasteiger partial charge in [0.15, 0.2) is 0 Å². The van der Waals surface area contributed by atoms with Crippen LogP contribution in [-0.4, -0.2) is 29.1 Å². The summed E-state index contributed by atoms with van der Waals surface area (Å²) in [6.07, 6.45) is 10.8. The minimum atomic E-state index is -0.359. The van der Waals surface area contributed by atoms with E-state index in [4.69, 9.17) is 0 Å². The Hall–Kier alpha value is -2.61. The molecular weight excluding hydrogens is 410 g/mol. The molecule has 1 aromatic heterocycles. The van der Waals surface area contributed by atoms with Crippen molar-refractivity contribution in [2.24, 2.45) is 0 Å². The Morgan fingerprint density at radius 3 is 2.13 bits per heavy atom. The zero-order chi connectivity index (χ0) is 21.5. The monoisotopic (exact) mass is 441 g/mol. The van der Waals surface area contributed by atoms with Crippen LogP contribution in [0.4, 0.5) is 14.7 Å². The Balaban J connectivity index is 1.48. The summed E-state index contributed by atoms with van der Waals surface area (Å²) in [5, 5.41) is 9.73. The predicted molar refractivity (Wildman–Crippen MR) is 124 cm³/mol. The first-order valence-electron chi connectivity index (χ1n) is 11.4. The minimum Gasteiger partial charge on any atom is -0.334 e. The highest BCUT2D eigenvalue weighted by molar-refractivity contribution is 7.14. The molecule has 2 aromatic rings. The van der Waals surface area contributed by atoms with Gasteiger partial charge in [0.2, 0.25) is 5.13 Å². The molecule has 0 saturated heterocycles.